The van der Waals surface area contributed by atoms with Crippen molar-refractivity contribution in [2.45, 2.75) is 32.4 Å². The molecule has 1 amide bonds. The number of nitrogens with one attached hydrogen (secondary N) is 2. The number of carbonyl (C=O) groups excluding carboxylic acids is 2. The number of anilines is 1. The van der Waals surface area contributed by atoms with E-state index in [4.69, 9.17) is 4.74 Å². The van der Waals surface area contributed by atoms with Crippen molar-refractivity contribution in [2.24, 2.45) is 0 Å². The molecule has 0 heterocycles. The minimum atomic E-state index is -0.609. The molecule has 0 saturated carbocycles. The SMILES string of the molecule is COC[C@@H](NC(C)=O)C(=O)CCc1ccc(CNc2cccc(F)c2)cc1. The van der Waals surface area contributed by atoms with Crippen molar-refractivity contribution in [3.8, 4) is 0 Å². The Hall–Kier alpha value is -2.73. The van der Waals surface area contributed by atoms with Gasteiger partial charge in [0, 0.05) is 32.7 Å². The summed E-state index contributed by atoms with van der Waals surface area (Å²) in [5.41, 5.74) is 2.83. The molecule has 0 aliphatic rings. The normalized spacial score (nSPS) is 11.7. The fourth-order valence-corrected chi connectivity index (χ4v) is 2.70. The van der Waals surface area contributed by atoms with E-state index >= 15 is 0 Å². The third kappa shape index (κ3) is 7.19. The molecule has 0 bridgehead atoms. The zero-order chi connectivity index (χ0) is 19.6. The molecular weight excluding hydrogens is 347 g/mol. The van der Waals surface area contributed by atoms with Gasteiger partial charge in [0.2, 0.25) is 5.91 Å². The molecule has 0 fully saturated rings. The van der Waals surface area contributed by atoms with Gasteiger partial charge in [0.15, 0.2) is 5.78 Å². The Morgan fingerprint density at radius 3 is 2.44 bits per heavy atom. The van der Waals surface area contributed by atoms with Gasteiger partial charge in [0.05, 0.1) is 6.61 Å². The number of Topliss-reactive ketones (excluding diaryl/α,β-unsaturated/α-hetero) is 1. The molecule has 27 heavy (non-hydrogen) atoms. The zero-order valence-electron chi connectivity index (χ0n) is 15.6. The van der Waals surface area contributed by atoms with E-state index in [2.05, 4.69) is 10.6 Å². The molecule has 0 aliphatic carbocycles. The van der Waals surface area contributed by atoms with Crippen LogP contribution in [0.4, 0.5) is 10.1 Å². The minimum Gasteiger partial charge on any atom is -0.382 e. The van der Waals surface area contributed by atoms with E-state index in [0.29, 0.717) is 19.4 Å². The molecular formula is C21H25FN2O3. The lowest BCUT2D eigenvalue weighted by Gasteiger charge is -2.15. The number of benzene rings is 2. The fourth-order valence-electron chi connectivity index (χ4n) is 2.70. The highest BCUT2D eigenvalue weighted by Gasteiger charge is 2.18. The molecule has 0 spiro atoms. The number of carbonyl (C=O) groups is 2. The van der Waals surface area contributed by atoms with E-state index in [1.165, 1.54) is 26.2 Å². The number of ketones is 1. The summed E-state index contributed by atoms with van der Waals surface area (Å²) in [4.78, 5) is 23.4. The lowest BCUT2D eigenvalue weighted by molar-refractivity contribution is -0.128. The summed E-state index contributed by atoms with van der Waals surface area (Å²) in [6.07, 6.45) is 0.922. The maximum atomic E-state index is 13.2. The summed E-state index contributed by atoms with van der Waals surface area (Å²) >= 11 is 0. The predicted molar refractivity (Wildman–Crippen MR) is 103 cm³/mol. The molecule has 1 atom stereocenters. The van der Waals surface area contributed by atoms with Crippen LogP contribution in [0.3, 0.4) is 0 Å². The summed E-state index contributed by atoms with van der Waals surface area (Å²) in [7, 11) is 1.50. The van der Waals surface area contributed by atoms with Crippen LogP contribution in [0.25, 0.3) is 0 Å². The van der Waals surface area contributed by atoms with Crippen molar-refractivity contribution >= 4 is 17.4 Å². The molecule has 2 aromatic carbocycles. The van der Waals surface area contributed by atoms with E-state index in [1.54, 1.807) is 6.07 Å². The molecule has 0 aliphatic heterocycles. The van der Waals surface area contributed by atoms with Crippen LogP contribution in [0.5, 0.6) is 0 Å². The van der Waals surface area contributed by atoms with E-state index in [0.717, 1.165) is 16.8 Å². The lowest BCUT2D eigenvalue weighted by atomic mass is 10.0. The van der Waals surface area contributed by atoms with E-state index in [-0.39, 0.29) is 24.1 Å². The largest absolute Gasteiger partial charge is 0.382 e. The van der Waals surface area contributed by atoms with Crippen LogP contribution >= 0.6 is 0 Å². The zero-order valence-corrected chi connectivity index (χ0v) is 15.6. The first-order valence-electron chi connectivity index (χ1n) is 8.84. The van der Waals surface area contributed by atoms with Gasteiger partial charge in [0.1, 0.15) is 11.9 Å². The van der Waals surface area contributed by atoms with Crippen molar-refractivity contribution in [1.29, 1.82) is 0 Å². The Morgan fingerprint density at radius 2 is 1.81 bits per heavy atom. The Morgan fingerprint density at radius 1 is 1.11 bits per heavy atom. The number of hydrogen-bond acceptors (Lipinski definition) is 4. The van der Waals surface area contributed by atoms with E-state index in [9.17, 15) is 14.0 Å². The number of aryl methyl sites for hydroxylation is 1. The van der Waals surface area contributed by atoms with Gasteiger partial charge in [-0.2, -0.15) is 0 Å². The second-order valence-corrected chi connectivity index (χ2v) is 6.36. The highest BCUT2D eigenvalue weighted by Crippen LogP contribution is 2.13. The third-order valence-corrected chi connectivity index (χ3v) is 4.10. The molecule has 0 unspecified atom stereocenters. The molecule has 5 nitrogen and oxygen atoms in total. The molecule has 6 heteroatoms. The van der Waals surface area contributed by atoms with Gasteiger partial charge in [-0.3, -0.25) is 9.59 Å². The maximum Gasteiger partial charge on any atom is 0.217 e. The van der Waals surface area contributed by atoms with Crippen LogP contribution in [0.1, 0.15) is 24.5 Å². The predicted octanol–water partition coefficient (Wildman–Crippen LogP) is 3.09. The first kappa shape index (κ1) is 20.6. The van der Waals surface area contributed by atoms with Crippen LogP contribution < -0.4 is 10.6 Å². The molecule has 2 N–H and O–H groups in total. The molecule has 2 aromatic rings. The summed E-state index contributed by atoms with van der Waals surface area (Å²) in [6, 6.07) is 13.6. The second-order valence-electron chi connectivity index (χ2n) is 6.36. The first-order chi connectivity index (χ1) is 13.0. The molecule has 0 saturated heterocycles. The summed E-state index contributed by atoms with van der Waals surface area (Å²) in [5.74, 6) is -0.574. The van der Waals surface area contributed by atoms with Gasteiger partial charge in [-0.05, 0) is 35.7 Å². The van der Waals surface area contributed by atoms with Crippen LogP contribution in [-0.2, 0) is 27.3 Å². The standard InChI is InChI=1S/C21H25FN2O3/c1-15(25)24-20(14-27-2)21(26)11-10-16-6-8-17(9-7-16)13-23-19-5-3-4-18(22)12-19/h3-9,12,20,23H,10-11,13-14H2,1-2H3,(H,24,25)/t20-/m1/s1. The number of ether oxygens (including phenoxy) is 1. The van der Waals surface area contributed by atoms with Gasteiger partial charge >= 0.3 is 0 Å². The number of hydrogen-bond donors (Lipinski definition) is 2. The van der Waals surface area contributed by atoms with Gasteiger partial charge in [-0.25, -0.2) is 4.39 Å². The maximum absolute atomic E-state index is 13.2. The third-order valence-electron chi connectivity index (χ3n) is 4.10. The Balaban J connectivity index is 1.84. The number of rotatable bonds is 10. The van der Waals surface area contributed by atoms with Crippen LogP contribution in [-0.4, -0.2) is 31.4 Å². The Kier molecular flexibility index (Phi) is 7.95. The molecule has 2 rings (SSSR count). The number of methoxy groups -OCH3 is 1. The summed E-state index contributed by atoms with van der Waals surface area (Å²) in [6.45, 7) is 2.14. The van der Waals surface area contributed by atoms with Crippen molar-refractivity contribution < 1.29 is 18.7 Å². The monoisotopic (exact) mass is 372 g/mol. The molecule has 0 radical (unpaired) electrons. The summed E-state index contributed by atoms with van der Waals surface area (Å²) < 4.78 is 18.2. The van der Waals surface area contributed by atoms with Gasteiger partial charge in [-0.15, -0.1) is 0 Å². The van der Waals surface area contributed by atoms with E-state index < -0.39 is 6.04 Å². The summed E-state index contributed by atoms with van der Waals surface area (Å²) in [5, 5.41) is 5.78. The van der Waals surface area contributed by atoms with Gasteiger partial charge in [-0.1, -0.05) is 30.3 Å². The fraction of sp³-hybridized carbons (Fsp3) is 0.333. The topological polar surface area (TPSA) is 67.4 Å². The van der Waals surface area contributed by atoms with Crippen LogP contribution in [0.2, 0.25) is 0 Å². The van der Waals surface area contributed by atoms with Crippen molar-refractivity contribution in [2.75, 3.05) is 19.0 Å². The number of amides is 1. The van der Waals surface area contributed by atoms with Gasteiger partial charge < -0.3 is 15.4 Å². The minimum absolute atomic E-state index is 0.0519. The van der Waals surface area contributed by atoms with Crippen molar-refractivity contribution in [3.05, 3.63) is 65.5 Å². The smallest absolute Gasteiger partial charge is 0.217 e. The average molecular weight is 372 g/mol. The first-order valence-corrected chi connectivity index (χ1v) is 8.84. The second kappa shape index (κ2) is 10.4. The highest BCUT2D eigenvalue weighted by atomic mass is 19.1. The van der Waals surface area contributed by atoms with Crippen LogP contribution in [0.15, 0.2) is 48.5 Å². The van der Waals surface area contributed by atoms with Crippen LogP contribution in [0, 0.1) is 5.82 Å². The quantitative estimate of drug-likeness (QED) is 0.673. The van der Waals surface area contributed by atoms with E-state index in [1.807, 2.05) is 30.3 Å². The number of halogens is 1. The van der Waals surface area contributed by atoms with Gasteiger partial charge in [0.25, 0.3) is 0 Å². The molecule has 0 aromatic heterocycles. The van der Waals surface area contributed by atoms with Crippen molar-refractivity contribution in [1.82, 2.24) is 5.32 Å². The van der Waals surface area contributed by atoms with Crippen molar-refractivity contribution in [3.63, 3.8) is 0 Å². The average Bonchev–Trinajstić information content (AvgIpc) is 2.64. The molecule has 144 valence electrons. The lowest BCUT2D eigenvalue weighted by Crippen LogP contribution is -2.43. The Labute approximate surface area is 158 Å². The highest BCUT2D eigenvalue weighted by molar-refractivity contribution is 5.88. The Bertz CT molecular complexity index is 762.